The van der Waals surface area contributed by atoms with Gasteiger partial charge in [0.1, 0.15) is 5.41 Å². The summed E-state index contributed by atoms with van der Waals surface area (Å²) in [7, 11) is 0. The number of nitriles is 2. The van der Waals surface area contributed by atoms with Crippen LogP contribution >= 0.6 is 11.6 Å². The van der Waals surface area contributed by atoms with Crippen molar-refractivity contribution in [1.82, 2.24) is 4.98 Å². The number of carbonyl (C=O) groups is 1. The number of halogens is 1. The summed E-state index contributed by atoms with van der Waals surface area (Å²) in [5, 5.41) is 20.7. The lowest BCUT2D eigenvalue weighted by Crippen LogP contribution is -2.17. The first-order chi connectivity index (χ1) is 12.1. The molecule has 0 saturated heterocycles. The molecule has 0 unspecified atom stereocenters. The fourth-order valence-corrected chi connectivity index (χ4v) is 3.77. The third kappa shape index (κ3) is 2.09. The first kappa shape index (κ1) is 15.4. The standard InChI is InChI=1S/C20H12ClN3O/c21-13-7-5-12(6-8-13)18-16(9-22)20(18,11-23)19(25)15-10-24-17-4-2-1-3-14(15)17/h1-8,10,16,18,24H/t16-,18-,20+/m1/s1. The molecule has 0 radical (unpaired) electrons. The minimum absolute atomic E-state index is 0.307. The zero-order valence-electron chi connectivity index (χ0n) is 13.0. The molecule has 0 bridgehead atoms. The van der Waals surface area contributed by atoms with E-state index >= 15 is 0 Å². The normalized spacial score (nSPS) is 24.4. The van der Waals surface area contributed by atoms with Gasteiger partial charge in [-0.1, -0.05) is 41.9 Å². The maximum absolute atomic E-state index is 13.2. The number of rotatable bonds is 3. The second kappa shape index (κ2) is 5.48. The summed E-state index contributed by atoms with van der Waals surface area (Å²) in [6, 6.07) is 18.7. The summed E-state index contributed by atoms with van der Waals surface area (Å²) in [5.74, 6) is -1.42. The van der Waals surface area contributed by atoms with Crippen LogP contribution in [0.4, 0.5) is 0 Å². The lowest BCUT2D eigenvalue weighted by Gasteiger charge is -2.07. The van der Waals surface area contributed by atoms with Gasteiger partial charge in [-0.15, -0.1) is 0 Å². The number of aromatic amines is 1. The van der Waals surface area contributed by atoms with E-state index in [0.29, 0.717) is 10.6 Å². The van der Waals surface area contributed by atoms with Crippen molar-refractivity contribution in [3.8, 4) is 12.1 Å². The van der Waals surface area contributed by atoms with Gasteiger partial charge in [0.25, 0.3) is 0 Å². The van der Waals surface area contributed by atoms with Crippen molar-refractivity contribution in [3.63, 3.8) is 0 Å². The van der Waals surface area contributed by atoms with Crippen LogP contribution in [0.25, 0.3) is 10.9 Å². The van der Waals surface area contributed by atoms with Gasteiger partial charge < -0.3 is 4.98 Å². The molecule has 4 rings (SSSR count). The first-order valence-corrected chi connectivity index (χ1v) is 8.18. The van der Waals surface area contributed by atoms with Crippen molar-refractivity contribution in [2.24, 2.45) is 11.3 Å². The molecule has 1 heterocycles. The van der Waals surface area contributed by atoms with Crippen LogP contribution in [0.2, 0.25) is 5.02 Å². The zero-order chi connectivity index (χ0) is 17.6. The molecule has 4 nitrogen and oxygen atoms in total. The molecule has 1 aromatic heterocycles. The lowest BCUT2D eigenvalue weighted by molar-refractivity contribution is 0.0928. The summed E-state index contributed by atoms with van der Waals surface area (Å²) in [5.41, 5.74) is 0.712. The van der Waals surface area contributed by atoms with E-state index in [1.54, 1.807) is 30.5 Å². The Balaban J connectivity index is 1.81. The topological polar surface area (TPSA) is 80.4 Å². The molecule has 0 amide bonds. The largest absolute Gasteiger partial charge is 0.360 e. The fraction of sp³-hybridized carbons (Fsp3) is 0.150. The fourth-order valence-electron chi connectivity index (χ4n) is 3.64. The van der Waals surface area contributed by atoms with E-state index in [0.717, 1.165) is 16.5 Å². The van der Waals surface area contributed by atoms with Crippen molar-refractivity contribution >= 4 is 28.3 Å². The number of aromatic nitrogens is 1. The van der Waals surface area contributed by atoms with Gasteiger partial charge >= 0.3 is 0 Å². The third-order valence-electron chi connectivity index (χ3n) is 4.97. The van der Waals surface area contributed by atoms with Crippen molar-refractivity contribution in [1.29, 1.82) is 10.5 Å². The minimum atomic E-state index is -1.35. The number of ketones is 1. The number of nitrogens with one attached hydrogen (secondary N) is 1. The molecule has 5 heteroatoms. The second-order valence-electron chi connectivity index (χ2n) is 6.19. The van der Waals surface area contributed by atoms with E-state index < -0.39 is 17.3 Å². The van der Waals surface area contributed by atoms with Crippen LogP contribution in [0, 0.1) is 34.0 Å². The predicted octanol–water partition coefficient (Wildman–Crippen LogP) is 4.45. The van der Waals surface area contributed by atoms with E-state index in [2.05, 4.69) is 17.1 Å². The van der Waals surface area contributed by atoms with Gasteiger partial charge in [0.2, 0.25) is 0 Å². The highest BCUT2D eigenvalue weighted by Crippen LogP contribution is 2.65. The maximum Gasteiger partial charge on any atom is 0.187 e. The van der Waals surface area contributed by atoms with Gasteiger partial charge in [-0.2, -0.15) is 10.5 Å². The lowest BCUT2D eigenvalue weighted by atomic mass is 9.90. The molecule has 120 valence electrons. The summed E-state index contributed by atoms with van der Waals surface area (Å²) in [6.07, 6.45) is 1.62. The molecule has 1 aliphatic carbocycles. The molecule has 2 aromatic carbocycles. The molecule has 0 spiro atoms. The van der Waals surface area contributed by atoms with Crippen molar-refractivity contribution in [2.45, 2.75) is 5.92 Å². The molecule has 1 fully saturated rings. The Morgan fingerprint density at radius 2 is 1.84 bits per heavy atom. The number of para-hydroxylation sites is 1. The van der Waals surface area contributed by atoms with Gasteiger partial charge in [0.15, 0.2) is 5.78 Å². The highest BCUT2D eigenvalue weighted by Gasteiger charge is 2.71. The molecule has 1 aliphatic rings. The number of benzene rings is 2. The van der Waals surface area contributed by atoms with Gasteiger partial charge in [-0.05, 0) is 23.8 Å². The Kier molecular flexibility index (Phi) is 3.39. The van der Waals surface area contributed by atoms with E-state index in [1.165, 1.54) is 0 Å². The monoisotopic (exact) mass is 345 g/mol. The highest BCUT2D eigenvalue weighted by atomic mass is 35.5. The average molecular weight is 346 g/mol. The SMILES string of the molecule is N#C[C@@H]1[C@@H](c2ccc(Cl)cc2)[C@@]1(C#N)C(=O)c1c[nH]c2ccccc12. The number of fused-ring (bicyclic) bond motifs is 1. The minimum Gasteiger partial charge on any atom is -0.360 e. The molecular weight excluding hydrogens is 334 g/mol. The number of hydrogen-bond acceptors (Lipinski definition) is 3. The highest BCUT2D eigenvalue weighted by molar-refractivity contribution is 6.30. The first-order valence-electron chi connectivity index (χ1n) is 7.80. The maximum atomic E-state index is 13.2. The molecule has 0 aliphatic heterocycles. The molecule has 1 N–H and O–H groups in total. The van der Waals surface area contributed by atoms with E-state index in [4.69, 9.17) is 11.6 Å². The number of carbonyl (C=O) groups excluding carboxylic acids is 1. The molecule has 3 atom stereocenters. The number of hydrogen-bond donors (Lipinski definition) is 1. The van der Waals surface area contributed by atoms with E-state index in [1.807, 2.05) is 24.3 Å². The quantitative estimate of drug-likeness (QED) is 0.712. The Morgan fingerprint density at radius 1 is 1.12 bits per heavy atom. The molecular formula is C20H12ClN3O. The van der Waals surface area contributed by atoms with E-state index in [-0.39, 0.29) is 5.78 Å². The van der Waals surface area contributed by atoms with Crippen LogP contribution in [0.3, 0.4) is 0 Å². The molecule has 1 saturated carbocycles. The number of nitrogens with zero attached hydrogens (tertiary/aromatic N) is 2. The van der Waals surface area contributed by atoms with Crippen LogP contribution in [0.5, 0.6) is 0 Å². The van der Waals surface area contributed by atoms with Crippen LogP contribution in [-0.2, 0) is 0 Å². The Hall–Kier alpha value is -3.08. The Labute approximate surface area is 149 Å². The van der Waals surface area contributed by atoms with Crippen LogP contribution < -0.4 is 0 Å². The van der Waals surface area contributed by atoms with E-state index in [9.17, 15) is 15.3 Å². The van der Waals surface area contributed by atoms with Crippen molar-refractivity contribution in [2.75, 3.05) is 0 Å². The van der Waals surface area contributed by atoms with Gasteiger partial charge in [-0.25, -0.2) is 0 Å². The van der Waals surface area contributed by atoms with Crippen LogP contribution in [-0.4, -0.2) is 10.8 Å². The van der Waals surface area contributed by atoms with Crippen molar-refractivity contribution < 1.29 is 4.79 Å². The zero-order valence-corrected chi connectivity index (χ0v) is 13.8. The number of H-pyrrole nitrogens is 1. The molecule has 25 heavy (non-hydrogen) atoms. The van der Waals surface area contributed by atoms with Gasteiger partial charge in [0, 0.05) is 33.6 Å². The molecule has 3 aromatic rings. The summed E-state index contributed by atoms with van der Waals surface area (Å²) < 4.78 is 0. The smallest absolute Gasteiger partial charge is 0.187 e. The Morgan fingerprint density at radius 3 is 2.52 bits per heavy atom. The Bertz CT molecular complexity index is 1070. The summed E-state index contributed by atoms with van der Waals surface area (Å²) >= 11 is 5.92. The predicted molar refractivity (Wildman–Crippen MR) is 94.0 cm³/mol. The third-order valence-corrected chi connectivity index (χ3v) is 5.22. The van der Waals surface area contributed by atoms with Crippen molar-refractivity contribution in [3.05, 3.63) is 70.9 Å². The second-order valence-corrected chi connectivity index (χ2v) is 6.63. The van der Waals surface area contributed by atoms with Crippen LogP contribution in [0.15, 0.2) is 54.7 Å². The summed E-state index contributed by atoms with van der Waals surface area (Å²) in [4.78, 5) is 16.3. The summed E-state index contributed by atoms with van der Waals surface area (Å²) in [6.45, 7) is 0. The average Bonchev–Trinajstić information content (AvgIpc) is 3.13. The van der Waals surface area contributed by atoms with Gasteiger partial charge in [-0.3, -0.25) is 4.79 Å². The number of Topliss-reactive ketones (excluding diaryl/α,β-unsaturated/α-hetero) is 1. The van der Waals surface area contributed by atoms with Gasteiger partial charge in [0.05, 0.1) is 18.1 Å². The van der Waals surface area contributed by atoms with Crippen LogP contribution in [0.1, 0.15) is 21.8 Å².